The van der Waals surface area contributed by atoms with Crippen LogP contribution in [0, 0.1) is 0 Å². The standard InChI is InChI=1S/C20H18N4O4/c25-16(10-21-18(26)13-8-7-11-3-1-4-12(11)9-13)22-15-6-2-5-14-17(15)20(28)24-23-19(14)27/h2,5-9H,1,3-4,10H2,(H,21,26)(H,22,25)(H,23,27)(H,24,28). The summed E-state index contributed by atoms with van der Waals surface area (Å²) in [6, 6.07) is 10.2. The SMILES string of the molecule is O=C(CNC(=O)c1ccc2c(c1)CCC2)Nc1cccc2c(=O)[nH][nH]c(=O)c12. The number of fused-ring (bicyclic) bond motifs is 2. The van der Waals surface area contributed by atoms with E-state index in [2.05, 4.69) is 20.8 Å². The molecule has 4 N–H and O–H groups in total. The number of rotatable bonds is 4. The second-order valence-corrected chi connectivity index (χ2v) is 6.70. The van der Waals surface area contributed by atoms with E-state index in [1.165, 1.54) is 23.3 Å². The molecule has 0 fully saturated rings. The first-order chi connectivity index (χ1) is 13.5. The summed E-state index contributed by atoms with van der Waals surface area (Å²) >= 11 is 0. The molecule has 1 aliphatic carbocycles. The number of H-pyrrole nitrogens is 2. The molecule has 0 atom stereocenters. The number of hydrogen-bond donors (Lipinski definition) is 4. The number of aromatic amines is 2. The molecule has 0 saturated carbocycles. The summed E-state index contributed by atoms with van der Waals surface area (Å²) in [7, 11) is 0. The average molecular weight is 378 g/mol. The minimum absolute atomic E-state index is 0.0875. The smallest absolute Gasteiger partial charge is 0.272 e. The van der Waals surface area contributed by atoms with E-state index in [1.54, 1.807) is 12.1 Å². The second-order valence-electron chi connectivity index (χ2n) is 6.70. The minimum Gasteiger partial charge on any atom is -0.343 e. The lowest BCUT2D eigenvalue weighted by molar-refractivity contribution is -0.115. The van der Waals surface area contributed by atoms with E-state index in [0.29, 0.717) is 5.56 Å². The van der Waals surface area contributed by atoms with Crippen molar-refractivity contribution in [3.8, 4) is 0 Å². The summed E-state index contributed by atoms with van der Waals surface area (Å²) in [5.74, 6) is -0.834. The number of benzene rings is 2. The van der Waals surface area contributed by atoms with Crippen LogP contribution in [-0.2, 0) is 17.6 Å². The van der Waals surface area contributed by atoms with Gasteiger partial charge >= 0.3 is 0 Å². The molecule has 2 amide bonds. The van der Waals surface area contributed by atoms with Gasteiger partial charge in [0.25, 0.3) is 17.0 Å². The quantitative estimate of drug-likeness (QED) is 0.542. The summed E-state index contributed by atoms with van der Waals surface area (Å²) in [6.07, 6.45) is 3.09. The predicted octanol–water partition coefficient (Wildman–Crippen LogP) is 1.07. The van der Waals surface area contributed by atoms with Gasteiger partial charge < -0.3 is 10.6 Å². The summed E-state index contributed by atoms with van der Waals surface area (Å²) in [5, 5.41) is 9.88. The fraction of sp³-hybridized carbons (Fsp3) is 0.200. The highest BCUT2D eigenvalue weighted by Gasteiger charge is 2.15. The lowest BCUT2D eigenvalue weighted by Gasteiger charge is -2.09. The van der Waals surface area contributed by atoms with Crippen molar-refractivity contribution in [1.29, 1.82) is 0 Å². The zero-order valence-electron chi connectivity index (χ0n) is 14.9. The Morgan fingerprint density at radius 3 is 2.61 bits per heavy atom. The van der Waals surface area contributed by atoms with E-state index in [1.807, 2.05) is 12.1 Å². The Bertz CT molecular complexity index is 1210. The van der Waals surface area contributed by atoms with Gasteiger partial charge in [0.2, 0.25) is 5.91 Å². The number of anilines is 1. The summed E-state index contributed by atoms with van der Waals surface area (Å²) in [5.41, 5.74) is 2.19. The van der Waals surface area contributed by atoms with Crippen molar-refractivity contribution in [2.75, 3.05) is 11.9 Å². The Balaban J connectivity index is 1.46. The van der Waals surface area contributed by atoms with Gasteiger partial charge in [-0.25, -0.2) is 0 Å². The Morgan fingerprint density at radius 2 is 1.75 bits per heavy atom. The predicted molar refractivity (Wildman–Crippen MR) is 105 cm³/mol. The van der Waals surface area contributed by atoms with Crippen molar-refractivity contribution in [1.82, 2.24) is 15.5 Å². The zero-order chi connectivity index (χ0) is 19.7. The van der Waals surface area contributed by atoms with Crippen LogP contribution in [0.1, 0.15) is 27.9 Å². The van der Waals surface area contributed by atoms with Gasteiger partial charge in [0, 0.05) is 5.56 Å². The lowest BCUT2D eigenvalue weighted by Crippen LogP contribution is -2.33. The van der Waals surface area contributed by atoms with Gasteiger partial charge in [0.05, 0.1) is 23.0 Å². The molecule has 28 heavy (non-hydrogen) atoms. The molecule has 8 heteroatoms. The van der Waals surface area contributed by atoms with Crippen LogP contribution in [-0.4, -0.2) is 28.6 Å². The van der Waals surface area contributed by atoms with Crippen LogP contribution in [0.5, 0.6) is 0 Å². The first-order valence-electron chi connectivity index (χ1n) is 8.96. The van der Waals surface area contributed by atoms with Crippen molar-refractivity contribution < 1.29 is 9.59 Å². The molecule has 0 radical (unpaired) electrons. The molecule has 0 unspecified atom stereocenters. The Kier molecular flexibility index (Phi) is 4.52. The Hall–Kier alpha value is -3.68. The highest BCUT2D eigenvalue weighted by atomic mass is 16.2. The van der Waals surface area contributed by atoms with E-state index < -0.39 is 17.0 Å². The van der Waals surface area contributed by atoms with Crippen LogP contribution in [0.2, 0.25) is 0 Å². The number of amides is 2. The molecular weight excluding hydrogens is 360 g/mol. The Morgan fingerprint density at radius 1 is 0.964 bits per heavy atom. The molecule has 8 nitrogen and oxygen atoms in total. The maximum absolute atomic E-state index is 12.3. The maximum Gasteiger partial charge on any atom is 0.272 e. The third-order valence-electron chi connectivity index (χ3n) is 4.87. The van der Waals surface area contributed by atoms with E-state index in [0.717, 1.165) is 19.3 Å². The third-order valence-corrected chi connectivity index (χ3v) is 4.87. The number of carbonyl (C=O) groups is 2. The van der Waals surface area contributed by atoms with Gasteiger partial charge in [-0.1, -0.05) is 12.1 Å². The van der Waals surface area contributed by atoms with Crippen LogP contribution in [0.25, 0.3) is 10.8 Å². The number of aromatic nitrogens is 2. The zero-order valence-corrected chi connectivity index (χ0v) is 14.9. The molecule has 4 rings (SSSR count). The molecule has 1 heterocycles. The molecule has 0 aliphatic heterocycles. The van der Waals surface area contributed by atoms with Crippen molar-refractivity contribution in [3.63, 3.8) is 0 Å². The molecule has 1 aliphatic rings. The minimum atomic E-state index is -0.521. The van der Waals surface area contributed by atoms with Crippen molar-refractivity contribution in [3.05, 3.63) is 73.8 Å². The first-order valence-corrected chi connectivity index (χ1v) is 8.96. The summed E-state index contributed by atoms with van der Waals surface area (Å²) in [4.78, 5) is 48.4. The van der Waals surface area contributed by atoms with Crippen LogP contribution < -0.4 is 21.8 Å². The van der Waals surface area contributed by atoms with Gasteiger partial charge in [-0.3, -0.25) is 29.4 Å². The van der Waals surface area contributed by atoms with Crippen molar-refractivity contribution in [2.24, 2.45) is 0 Å². The van der Waals surface area contributed by atoms with E-state index in [9.17, 15) is 19.2 Å². The van der Waals surface area contributed by atoms with E-state index in [-0.39, 0.29) is 28.9 Å². The Labute approximate surface area is 159 Å². The van der Waals surface area contributed by atoms with Gasteiger partial charge in [0.1, 0.15) is 0 Å². The number of hydrogen-bond acceptors (Lipinski definition) is 4. The topological polar surface area (TPSA) is 124 Å². The largest absolute Gasteiger partial charge is 0.343 e. The average Bonchev–Trinajstić information content (AvgIpc) is 3.17. The summed E-state index contributed by atoms with van der Waals surface area (Å²) in [6.45, 7) is -0.257. The molecule has 0 spiro atoms. The van der Waals surface area contributed by atoms with E-state index in [4.69, 9.17) is 0 Å². The molecule has 0 saturated heterocycles. The van der Waals surface area contributed by atoms with Gasteiger partial charge in [-0.15, -0.1) is 0 Å². The maximum atomic E-state index is 12.3. The molecular formula is C20H18N4O4. The van der Waals surface area contributed by atoms with Crippen LogP contribution in [0.3, 0.4) is 0 Å². The van der Waals surface area contributed by atoms with E-state index >= 15 is 0 Å². The molecule has 142 valence electrons. The normalized spacial score (nSPS) is 12.6. The van der Waals surface area contributed by atoms with Crippen LogP contribution in [0.15, 0.2) is 46.0 Å². The molecule has 0 bridgehead atoms. The highest BCUT2D eigenvalue weighted by molar-refractivity contribution is 6.04. The fourth-order valence-corrected chi connectivity index (χ4v) is 3.50. The van der Waals surface area contributed by atoms with Crippen LogP contribution in [0.4, 0.5) is 5.69 Å². The fourth-order valence-electron chi connectivity index (χ4n) is 3.50. The monoisotopic (exact) mass is 378 g/mol. The van der Waals surface area contributed by atoms with Gasteiger partial charge in [-0.05, 0) is 54.7 Å². The molecule has 2 aromatic carbocycles. The molecule has 3 aromatic rings. The molecule has 1 aromatic heterocycles. The summed E-state index contributed by atoms with van der Waals surface area (Å²) < 4.78 is 0. The lowest BCUT2D eigenvalue weighted by atomic mass is 10.1. The van der Waals surface area contributed by atoms with Gasteiger partial charge in [0.15, 0.2) is 0 Å². The number of aryl methyl sites for hydroxylation is 2. The first kappa shape index (κ1) is 17.7. The van der Waals surface area contributed by atoms with Crippen LogP contribution >= 0.6 is 0 Å². The van der Waals surface area contributed by atoms with Crippen molar-refractivity contribution >= 4 is 28.3 Å². The van der Waals surface area contributed by atoms with Crippen molar-refractivity contribution in [2.45, 2.75) is 19.3 Å². The highest BCUT2D eigenvalue weighted by Crippen LogP contribution is 2.22. The number of carbonyl (C=O) groups excluding carboxylic acids is 2. The van der Waals surface area contributed by atoms with Gasteiger partial charge in [-0.2, -0.15) is 0 Å². The third kappa shape index (κ3) is 3.32. The number of nitrogens with one attached hydrogen (secondary N) is 4. The second kappa shape index (κ2) is 7.15.